The van der Waals surface area contributed by atoms with Crippen molar-refractivity contribution in [3.05, 3.63) is 0 Å². The Hall–Kier alpha value is -0.120. The first-order valence-corrected chi connectivity index (χ1v) is 8.12. The predicted octanol–water partition coefficient (Wildman–Crippen LogP) is 2.64. The molecule has 1 aliphatic heterocycles. The van der Waals surface area contributed by atoms with Gasteiger partial charge in [-0.2, -0.15) is 0 Å². The highest BCUT2D eigenvalue weighted by molar-refractivity contribution is 4.92. The second-order valence-corrected chi connectivity index (χ2v) is 7.15. The van der Waals surface area contributed by atoms with Crippen molar-refractivity contribution in [2.45, 2.75) is 65.0 Å². The van der Waals surface area contributed by atoms with Gasteiger partial charge in [0.1, 0.15) is 0 Å². The molecule has 19 heavy (non-hydrogen) atoms. The molecule has 3 nitrogen and oxygen atoms in total. The standard InChI is InChI=1S/C16H32N2O/c1-4-18(12-14-8-6-10-19-14)11-13-7-5-9-16(2,3)15(13)17/h13-15H,4-12,17H2,1-3H3. The van der Waals surface area contributed by atoms with Gasteiger partial charge in [0.25, 0.3) is 0 Å². The minimum atomic E-state index is 0.312. The Morgan fingerprint density at radius 2 is 2.00 bits per heavy atom. The molecule has 2 aliphatic rings. The highest BCUT2D eigenvalue weighted by Crippen LogP contribution is 2.38. The molecule has 0 aromatic carbocycles. The van der Waals surface area contributed by atoms with Crippen LogP contribution in [0, 0.1) is 11.3 Å². The van der Waals surface area contributed by atoms with Gasteiger partial charge in [-0.25, -0.2) is 0 Å². The minimum Gasteiger partial charge on any atom is -0.377 e. The summed E-state index contributed by atoms with van der Waals surface area (Å²) in [7, 11) is 0. The van der Waals surface area contributed by atoms with E-state index in [1.54, 1.807) is 0 Å². The summed E-state index contributed by atoms with van der Waals surface area (Å²) in [6, 6.07) is 0.347. The first-order chi connectivity index (χ1) is 9.03. The third kappa shape index (κ3) is 3.93. The number of nitrogens with zero attached hydrogens (tertiary/aromatic N) is 1. The van der Waals surface area contributed by atoms with Crippen LogP contribution in [0.4, 0.5) is 0 Å². The number of nitrogens with two attached hydrogens (primary N) is 1. The zero-order valence-electron chi connectivity index (χ0n) is 13.0. The molecule has 1 heterocycles. The Bertz CT molecular complexity index is 274. The highest BCUT2D eigenvalue weighted by Gasteiger charge is 2.37. The Labute approximate surface area is 118 Å². The van der Waals surface area contributed by atoms with Crippen LogP contribution in [0.15, 0.2) is 0 Å². The molecule has 0 aromatic heterocycles. The molecule has 0 aromatic rings. The van der Waals surface area contributed by atoms with Gasteiger partial charge >= 0.3 is 0 Å². The van der Waals surface area contributed by atoms with Gasteiger partial charge in [0.05, 0.1) is 6.10 Å². The van der Waals surface area contributed by atoms with E-state index in [-0.39, 0.29) is 0 Å². The lowest BCUT2D eigenvalue weighted by Gasteiger charge is -2.43. The van der Waals surface area contributed by atoms with E-state index < -0.39 is 0 Å². The van der Waals surface area contributed by atoms with E-state index in [0.717, 1.165) is 26.2 Å². The topological polar surface area (TPSA) is 38.5 Å². The van der Waals surface area contributed by atoms with Crippen molar-refractivity contribution in [1.29, 1.82) is 0 Å². The monoisotopic (exact) mass is 268 g/mol. The second-order valence-electron chi connectivity index (χ2n) is 7.15. The van der Waals surface area contributed by atoms with Gasteiger partial charge in [0.2, 0.25) is 0 Å². The fraction of sp³-hybridized carbons (Fsp3) is 1.00. The molecule has 0 amide bonds. The molecule has 0 bridgehead atoms. The van der Waals surface area contributed by atoms with Crippen molar-refractivity contribution in [2.24, 2.45) is 17.1 Å². The van der Waals surface area contributed by atoms with E-state index in [1.165, 1.54) is 32.1 Å². The first-order valence-electron chi connectivity index (χ1n) is 8.12. The fourth-order valence-electron chi connectivity index (χ4n) is 3.75. The van der Waals surface area contributed by atoms with E-state index in [9.17, 15) is 0 Å². The number of hydrogen-bond donors (Lipinski definition) is 1. The van der Waals surface area contributed by atoms with Crippen molar-refractivity contribution in [3.8, 4) is 0 Å². The molecular formula is C16H32N2O. The summed E-state index contributed by atoms with van der Waals surface area (Å²) >= 11 is 0. The lowest BCUT2D eigenvalue weighted by atomic mass is 9.68. The summed E-state index contributed by atoms with van der Waals surface area (Å²) < 4.78 is 5.77. The molecular weight excluding hydrogens is 236 g/mol. The van der Waals surface area contributed by atoms with Crippen molar-refractivity contribution in [3.63, 3.8) is 0 Å². The first kappa shape index (κ1) is 15.3. The maximum Gasteiger partial charge on any atom is 0.0702 e. The van der Waals surface area contributed by atoms with Crippen molar-refractivity contribution >= 4 is 0 Å². The normalized spacial score (nSPS) is 34.9. The summed E-state index contributed by atoms with van der Waals surface area (Å²) in [5, 5.41) is 0. The van der Waals surface area contributed by atoms with Crippen LogP contribution in [0.1, 0.15) is 52.9 Å². The van der Waals surface area contributed by atoms with Gasteiger partial charge in [-0.1, -0.05) is 27.2 Å². The molecule has 0 spiro atoms. The fourth-order valence-corrected chi connectivity index (χ4v) is 3.75. The average molecular weight is 268 g/mol. The van der Waals surface area contributed by atoms with Crippen LogP contribution in [0.25, 0.3) is 0 Å². The molecule has 1 saturated heterocycles. The second kappa shape index (κ2) is 6.55. The summed E-state index contributed by atoms with van der Waals surface area (Å²) in [5.41, 5.74) is 6.82. The van der Waals surface area contributed by atoms with E-state index in [4.69, 9.17) is 10.5 Å². The molecule has 3 heteroatoms. The van der Waals surface area contributed by atoms with Gasteiger partial charge in [0, 0.05) is 25.7 Å². The molecule has 2 rings (SSSR count). The van der Waals surface area contributed by atoms with Crippen LogP contribution < -0.4 is 5.73 Å². The number of hydrogen-bond acceptors (Lipinski definition) is 3. The van der Waals surface area contributed by atoms with E-state index in [2.05, 4.69) is 25.7 Å². The highest BCUT2D eigenvalue weighted by atomic mass is 16.5. The summed E-state index contributed by atoms with van der Waals surface area (Å²) in [4.78, 5) is 2.56. The number of ether oxygens (including phenoxy) is 1. The minimum absolute atomic E-state index is 0.312. The zero-order chi connectivity index (χ0) is 13.9. The van der Waals surface area contributed by atoms with Crippen LogP contribution in [0.3, 0.4) is 0 Å². The third-order valence-corrected chi connectivity index (χ3v) is 5.23. The van der Waals surface area contributed by atoms with Gasteiger partial charge in [-0.3, -0.25) is 0 Å². The molecule has 1 saturated carbocycles. The lowest BCUT2D eigenvalue weighted by Crippen LogP contribution is -2.50. The average Bonchev–Trinajstić information content (AvgIpc) is 2.86. The van der Waals surface area contributed by atoms with Gasteiger partial charge in [-0.15, -0.1) is 0 Å². The summed E-state index contributed by atoms with van der Waals surface area (Å²) in [6.07, 6.45) is 6.85. The van der Waals surface area contributed by atoms with E-state index in [0.29, 0.717) is 23.5 Å². The van der Waals surface area contributed by atoms with Gasteiger partial charge in [-0.05, 0) is 43.6 Å². The number of rotatable bonds is 5. The Morgan fingerprint density at radius 1 is 1.21 bits per heavy atom. The van der Waals surface area contributed by atoms with Crippen molar-refractivity contribution < 1.29 is 4.74 Å². The molecule has 2 N–H and O–H groups in total. The van der Waals surface area contributed by atoms with Crippen LogP contribution >= 0.6 is 0 Å². The van der Waals surface area contributed by atoms with Crippen molar-refractivity contribution in [2.75, 3.05) is 26.2 Å². The molecule has 3 unspecified atom stereocenters. The zero-order valence-corrected chi connectivity index (χ0v) is 13.0. The third-order valence-electron chi connectivity index (χ3n) is 5.23. The number of likely N-dealkylation sites (N-methyl/N-ethyl adjacent to an activating group) is 1. The summed E-state index contributed by atoms with van der Waals surface area (Å²) in [6.45, 7) is 11.2. The molecule has 2 fully saturated rings. The Morgan fingerprint density at radius 3 is 2.63 bits per heavy atom. The van der Waals surface area contributed by atoms with Crippen LogP contribution in [-0.4, -0.2) is 43.3 Å². The Balaban J connectivity index is 1.86. The molecule has 0 radical (unpaired) electrons. The molecule has 112 valence electrons. The largest absolute Gasteiger partial charge is 0.377 e. The quantitative estimate of drug-likeness (QED) is 0.833. The summed E-state index contributed by atoms with van der Waals surface area (Å²) in [5.74, 6) is 0.658. The van der Waals surface area contributed by atoms with Gasteiger partial charge in [0.15, 0.2) is 0 Å². The van der Waals surface area contributed by atoms with Crippen molar-refractivity contribution in [1.82, 2.24) is 4.90 Å². The van der Waals surface area contributed by atoms with E-state index in [1.807, 2.05) is 0 Å². The maximum absolute atomic E-state index is 6.51. The Kier molecular flexibility index (Phi) is 5.27. The van der Waals surface area contributed by atoms with Crippen LogP contribution in [0.2, 0.25) is 0 Å². The van der Waals surface area contributed by atoms with Crippen LogP contribution in [-0.2, 0) is 4.74 Å². The molecule has 1 aliphatic carbocycles. The van der Waals surface area contributed by atoms with E-state index >= 15 is 0 Å². The molecule has 3 atom stereocenters. The lowest BCUT2D eigenvalue weighted by molar-refractivity contribution is 0.0528. The maximum atomic E-state index is 6.51. The van der Waals surface area contributed by atoms with Gasteiger partial charge < -0.3 is 15.4 Å². The smallest absolute Gasteiger partial charge is 0.0702 e. The predicted molar refractivity (Wildman–Crippen MR) is 80.2 cm³/mol. The van der Waals surface area contributed by atoms with Crippen LogP contribution in [0.5, 0.6) is 0 Å². The SMILES string of the molecule is CCN(CC1CCCO1)CC1CCCC(C)(C)C1N.